The number of aliphatic hydroxyl groups excluding tert-OH is 1. The number of ketones is 2. The highest BCUT2D eigenvalue weighted by Gasteiger charge is 2.29. The van der Waals surface area contributed by atoms with Gasteiger partial charge in [0.05, 0.1) is 5.02 Å². The Morgan fingerprint density at radius 1 is 1.23 bits per heavy atom. The molecule has 8 heteroatoms. The smallest absolute Gasteiger partial charge is 0.170 e. The maximum atomic E-state index is 12.1. The van der Waals surface area contributed by atoms with E-state index in [1.54, 1.807) is 6.07 Å². The third-order valence-corrected chi connectivity index (χ3v) is 4.94. The predicted octanol–water partition coefficient (Wildman–Crippen LogP) is 3.96. The minimum absolute atomic E-state index is 0.171. The molecule has 5 nitrogen and oxygen atoms in total. The summed E-state index contributed by atoms with van der Waals surface area (Å²) in [6, 6.07) is 3.23. The topological polar surface area (TPSA) is 78.4 Å². The van der Waals surface area contributed by atoms with Gasteiger partial charge in [-0.3, -0.25) is 9.59 Å². The molecule has 0 saturated heterocycles. The lowest BCUT2D eigenvalue weighted by Crippen LogP contribution is -2.38. The molecule has 26 heavy (non-hydrogen) atoms. The molecule has 0 unspecified atom stereocenters. The number of Topliss-reactive ketones (excluding diaryl/α,β-unsaturated/α-hetero) is 2. The first kappa shape index (κ1) is 20.7. The molecule has 0 spiro atoms. The molecule has 0 aromatic heterocycles. The summed E-state index contributed by atoms with van der Waals surface area (Å²) in [4.78, 5) is 24.1. The van der Waals surface area contributed by atoms with Crippen LogP contribution in [0.3, 0.4) is 0 Å². The third kappa shape index (κ3) is 4.75. The van der Waals surface area contributed by atoms with Gasteiger partial charge in [-0.05, 0) is 44.6 Å². The maximum absolute atomic E-state index is 12.1. The summed E-state index contributed by atoms with van der Waals surface area (Å²) in [5.74, 6) is -1.14. The largest absolute Gasteiger partial charge is 0.506 e. The van der Waals surface area contributed by atoms with Gasteiger partial charge in [0.25, 0.3) is 0 Å². The summed E-state index contributed by atoms with van der Waals surface area (Å²) in [6.07, 6.45) is 0.970. The Morgan fingerprint density at radius 3 is 2.42 bits per heavy atom. The molecule has 1 fully saturated rings. The molecule has 0 radical (unpaired) electrons. The molecular formula is C18H20Cl2N2O3S. The van der Waals surface area contributed by atoms with Crippen molar-refractivity contribution in [3.05, 3.63) is 38.9 Å². The van der Waals surface area contributed by atoms with Crippen LogP contribution < -0.4 is 10.6 Å². The molecule has 0 bridgehead atoms. The van der Waals surface area contributed by atoms with Crippen molar-refractivity contribution in [2.45, 2.75) is 45.7 Å². The molecule has 1 saturated carbocycles. The molecule has 1 aliphatic carbocycles. The quantitative estimate of drug-likeness (QED) is 0.299. The number of nitrogens with one attached hydrogen (secondary N) is 2. The van der Waals surface area contributed by atoms with Crippen LogP contribution in [0.15, 0.2) is 17.7 Å². The normalized spacial score (nSPS) is 14.6. The first-order valence-electron chi connectivity index (χ1n) is 8.23. The number of thiocarbonyl (C=S) groups is 1. The number of hydrogen-bond donors (Lipinski definition) is 3. The summed E-state index contributed by atoms with van der Waals surface area (Å²) in [6.45, 7) is 4.14. The zero-order valence-electron chi connectivity index (χ0n) is 14.5. The van der Waals surface area contributed by atoms with Crippen LogP contribution in [0.1, 0.15) is 44.2 Å². The van der Waals surface area contributed by atoms with E-state index in [9.17, 15) is 14.7 Å². The fourth-order valence-corrected chi connectivity index (χ4v) is 3.54. The SMILES string of the molecule is CC(C)NC(=S)NCc1c(Cl)ccc(C(O)=C2C(=O)CCCC2=O)c1Cl. The van der Waals surface area contributed by atoms with E-state index < -0.39 is 5.76 Å². The van der Waals surface area contributed by atoms with Crippen molar-refractivity contribution >= 4 is 57.9 Å². The molecule has 1 aromatic rings. The molecule has 140 valence electrons. The molecular weight excluding hydrogens is 395 g/mol. The van der Waals surface area contributed by atoms with Gasteiger partial charge in [-0.2, -0.15) is 0 Å². The number of halogens is 2. The van der Waals surface area contributed by atoms with Gasteiger partial charge < -0.3 is 15.7 Å². The standard InChI is InChI=1S/C18H20Cl2N2O3S/c1-9(2)22-18(26)21-8-11-12(19)7-6-10(16(11)20)17(25)15-13(23)4-3-5-14(15)24/h6-7,9,25H,3-5,8H2,1-2H3,(H2,21,22,26). The van der Waals surface area contributed by atoms with Crippen LogP contribution in [0.5, 0.6) is 0 Å². The molecule has 0 atom stereocenters. The number of hydrogen-bond acceptors (Lipinski definition) is 4. The monoisotopic (exact) mass is 414 g/mol. The van der Waals surface area contributed by atoms with Crippen LogP contribution >= 0.6 is 35.4 Å². The number of aliphatic hydroxyl groups is 1. The number of carbonyl (C=O) groups is 2. The van der Waals surface area contributed by atoms with Gasteiger partial charge in [-0.15, -0.1) is 0 Å². The van der Waals surface area contributed by atoms with Crippen LogP contribution in [0.2, 0.25) is 10.0 Å². The first-order valence-corrected chi connectivity index (χ1v) is 9.40. The van der Waals surface area contributed by atoms with Crippen molar-refractivity contribution < 1.29 is 14.7 Å². The maximum Gasteiger partial charge on any atom is 0.170 e. The fraction of sp³-hybridized carbons (Fsp3) is 0.389. The van der Waals surface area contributed by atoms with Crippen LogP contribution in [0.25, 0.3) is 5.76 Å². The Kier molecular flexibility index (Phi) is 7.03. The lowest BCUT2D eigenvalue weighted by Gasteiger charge is -2.17. The van der Waals surface area contributed by atoms with Gasteiger partial charge in [-0.25, -0.2) is 0 Å². The Labute approximate surface area is 167 Å². The zero-order chi connectivity index (χ0) is 19.4. The highest BCUT2D eigenvalue weighted by Crippen LogP contribution is 2.34. The second kappa shape index (κ2) is 8.84. The minimum atomic E-state index is -0.398. The average Bonchev–Trinajstić information content (AvgIpc) is 2.53. The van der Waals surface area contributed by atoms with Gasteiger partial charge in [0, 0.05) is 41.6 Å². The zero-order valence-corrected chi connectivity index (χ0v) is 16.8. The van der Waals surface area contributed by atoms with E-state index in [0.29, 0.717) is 22.1 Å². The molecule has 0 heterocycles. The average molecular weight is 415 g/mol. The van der Waals surface area contributed by atoms with E-state index in [1.807, 2.05) is 13.8 Å². The number of allylic oxidation sites excluding steroid dienone is 1. The molecule has 3 N–H and O–H groups in total. The second-order valence-electron chi connectivity index (χ2n) is 6.29. The summed E-state index contributed by atoms with van der Waals surface area (Å²) in [5.41, 5.74) is 0.534. The summed E-state index contributed by atoms with van der Waals surface area (Å²) < 4.78 is 0. The van der Waals surface area contributed by atoms with Gasteiger partial charge in [0.15, 0.2) is 16.7 Å². The van der Waals surface area contributed by atoms with E-state index >= 15 is 0 Å². The van der Waals surface area contributed by atoms with Crippen molar-refractivity contribution in [3.63, 3.8) is 0 Å². The lowest BCUT2D eigenvalue weighted by molar-refractivity contribution is -0.123. The number of carbonyl (C=O) groups excluding carboxylic acids is 2. The second-order valence-corrected chi connectivity index (χ2v) is 7.49. The molecule has 1 aliphatic rings. The van der Waals surface area contributed by atoms with Crippen LogP contribution in [-0.2, 0) is 16.1 Å². The van der Waals surface area contributed by atoms with Crippen LogP contribution in [-0.4, -0.2) is 27.8 Å². The van der Waals surface area contributed by atoms with Crippen molar-refractivity contribution in [2.24, 2.45) is 0 Å². The van der Waals surface area contributed by atoms with Gasteiger partial charge in [-0.1, -0.05) is 23.2 Å². The number of rotatable bonds is 4. The van der Waals surface area contributed by atoms with Crippen molar-refractivity contribution in [2.75, 3.05) is 0 Å². The highest BCUT2D eigenvalue weighted by atomic mass is 35.5. The molecule has 0 amide bonds. The van der Waals surface area contributed by atoms with Gasteiger partial charge in [0.1, 0.15) is 11.3 Å². The Morgan fingerprint density at radius 2 is 1.85 bits per heavy atom. The molecule has 2 rings (SSSR count). The summed E-state index contributed by atoms with van der Waals surface area (Å²) in [5, 5.41) is 17.6. The van der Waals surface area contributed by atoms with Crippen molar-refractivity contribution in [1.29, 1.82) is 0 Å². The van der Waals surface area contributed by atoms with Gasteiger partial charge >= 0.3 is 0 Å². The summed E-state index contributed by atoms with van der Waals surface area (Å²) >= 11 is 17.8. The van der Waals surface area contributed by atoms with E-state index in [1.165, 1.54) is 6.07 Å². The molecule has 1 aromatic carbocycles. The third-order valence-electron chi connectivity index (χ3n) is 3.89. The van der Waals surface area contributed by atoms with Crippen molar-refractivity contribution in [1.82, 2.24) is 10.6 Å². The Balaban J connectivity index is 2.35. The van der Waals surface area contributed by atoms with Gasteiger partial charge in [0.2, 0.25) is 0 Å². The Bertz CT molecular complexity index is 773. The van der Waals surface area contributed by atoms with E-state index in [0.717, 1.165) is 0 Å². The molecule has 0 aliphatic heterocycles. The number of benzene rings is 1. The highest BCUT2D eigenvalue weighted by molar-refractivity contribution is 7.80. The Hall–Kier alpha value is -1.63. The van der Waals surface area contributed by atoms with E-state index in [-0.39, 0.29) is 53.2 Å². The predicted molar refractivity (Wildman–Crippen MR) is 108 cm³/mol. The lowest BCUT2D eigenvalue weighted by atomic mass is 9.89. The van der Waals surface area contributed by atoms with Crippen molar-refractivity contribution in [3.8, 4) is 0 Å². The van der Waals surface area contributed by atoms with E-state index in [2.05, 4.69) is 10.6 Å². The summed E-state index contributed by atoms with van der Waals surface area (Å²) in [7, 11) is 0. The van der Waals surface area contributed by atoms with Crippen LogP contribution in [0.4, 0.5) is 0 Å². The van der Waals surface area contributed by atoms with Crippen LogP contribution in [0, 0.1) is 0 Å². The van der Waals surface area contributed by atoms with E-state index in [4.69, 9.17) is 35.4 Å². The fourth-order valence-electron chi connectivity index (χ4n) is 2.64. The first-order chi connectivity index (χ1) is 12.2. The minimum Gasteiger partial charge on any atom is -0.506 e.